The molecular weight excluding hydrogens is 346 g/mol. The summed E-state index contributed by atoms with van der Waals surface area (Å²) >= 11 is 5.76. The van der Waals surface area contributed by atoms with Gasteiger partial charge in [0, 0.05) is 23.6 Å². The van der Waals surface area contributed by atoms with Crippen molar-refractivity contribution in [1.29, 1.82) is 0 Å². The lowest BCUT2D eigenvalue weighted by Gasteiger charge is -2.15. The van der Waals surface area contributed by atoms with E-state index in [-0.39, 0.29) is 18.9 Å². The molecule has 2 N–H and O–H groups in total. The minimum absolute atomic E-state index is 0.101. The lowest BCUT2D eigenvalue weighted by molar-refractivity contribution is -0.129. The lowest BCUT2D eigenvalue weighted by atomic mass is 10.1. The third-order valence-corrected chi connectivity index (χ3v) is 4.17. The van der Waals surface area contributed by atoms with Gasteiger partial charge in [-0.05, 0) is 36.4 Å². The first-order chi connectivity index (χ1) is 12.0. The number of hydrazine groups is 1. The molecule has 3 amide bonds. The molecular formula is C17H16ClN3O4. The first-order valence-electron chi connectivity index (χ1n) is 7.69. The van der Waals surface area contributed by atoms with Gasteiger partial charge < -0.3 is 9.32 Å². The van der Waals surface area contributed by atoms with Gasteiger partial charge in [-0.25, -0.2) is 0 Å². The molecule has 1 aliphatic rings. The predicted octanol–water partition coefficient (Wildman–Crippen LogP) is 1.74. The molecule has 1 aromatic heterocycles. The summed E-state index contributed by atoms with van der Waals surface area (Å²) in [5, 5.41) is 0.515. The minimum atomic E-state index is -0.520. The molecule has 7 nitrogen and oxygen atoms in total. The molecule has 25 heavy (non-hydrogen) atoms. The highest BCUT2D eigenvalue weighted by Crippen LogP contribution is 2.20. The van der Waals surface area contributed by atoms with Gasteiger partial charge >= 0.3 is 0 Å². The Morgan fingerprint density at radius 1 is 1.20 bits per heavy atom. The van der Waals surface area contributed by atoms with E-state index in [0.29, 0.717) is 22.9 Å². The Balaban J connectivity index is 1.51. The van der Waals surface area contributed by atoms with Crippen LogP contribution < -0.4 is 10.9 Å². The number of hydrogen-bond donors (Lipinski definition) is 2. The van der Waals surface area contributed by atoms with Crippen LogP contribution in [-0.4, -0.2) is 29.2 Å². The highest BCUT2D eigenvalue weighted by molar-refractivity contribution is 6.30. The zero-order valence-corrected chi connectivity index (χ0v) is 14.0. The Morgan fingerprint density at radius 3 is 2.64 bits per heavy atom. The van der Waals surface area contributed by atoms with Crippen molar-refractivity contribution in [2.75, 3.05) is 6.54 Å². The van der Waals surface area contributed by atoms with Crippen LogP contribution in [0.5, 0.6) is 0 Å². The first kappa shape index (κ1) is 17.0. The first-order valence-corrected chi connectivity index (χ1v) is 8.06. The number of amides is 3. The molecule has 1 aromatic carbocycles. The number of benzene rings is 1. The fourth-order valence-corrected chi connectivity index (χ4v) is 2.71. The van der Waals surface area contributed by atoms with Gasteiger partial charge in [-0.3, -0.25) is 25.2 Å². The summed E-state index contributed by atoms with van der Waals surface area (Å²) < 4.78 is 5.21. The lowest BCUT2D eigenvalue weighted by Crippen LogP contribution is -2.45. The molecule has 0 aliphatic carbocycles. The van der Waals surface area contributed by atoms with Crippen molar-refractivity contribution in [3.8, 4) is 0 Å². The van der Waals surface area contributed by atoms with Crippen LogP contribution in [-0.2, 0) is 16.1 Å². The summed E-state index contributed by atoms with van der Waals surface area (Å²) in [6.45, 7) is 0.606. The van der Waals surface area contributed by atoms with E-state index in [2.05, 4.69) is 10.9 Å². The molecule has 0 radical (unpaired) electrons. The average Bonchev–Trinajstić information content (AvgIpc) is 3.24. The van der Waals surface area contributed by atoms with Gasteiger partial charge in [0.1, 0.15) is 5.76 Å². The second-order valence-corrected chi connectivity index (χ2v) is 6.14. The Bertz CT molecular complexity index is 774. The molecule has 1 aliphatic heterocycles. The van der Waals surface area contributed by atoms with Gasteiger partial charge in [-0.15, -0.1) is 0 Å². The number of rotatable bonds is 4. The van der Waals surface area contributed by atoms with Crippen LogP contribution in [0.25, 0.3) is 0 Å². The quantitative estimate of drug-likeness (QED) is 0.811. The van der Waals surface area contributed by atoms with Crippen molar-refractivity contribution in [2.24, 2.45) is 5.92 Å². The molecule has 1 fully saturated rings. The third-order valence-electron chi connectivity index (χ3n) is 3.92. The van der Waals surface area contributed by atoms with Crippen LogP contribution in [0.1, 0.15) is 22.5 Å². The van der Waals surface area contributed by atoms with Crippen molar-refractivity contribution in [2.45, 2.75) is 13.0 Å². The van der Waals surface area contributed by atoms with Gasteiger partial charge in [0.05, 0.1) is 18.7 Å². The monoisotopic (exact) mass is 361 g/mol. The number of nitrogens with one attached hydrogen (secondary N) is 2. The zero-order valence-electron chi connectivity index (χ0n) is 13.2. The minimum Gasteiger partial charge on any atom is -0.467 e. The van der Waals surface area contributed by atoms with Crippen molar-refractivity contribution in [3.63, 3.8) is 0 Å². The van der Waals surface area contributed by atoms with Gasteiger partial charge in [0.25, 0.3) is 5.91 Å². The molecule has 2 heterocycles. The van der Waals surface area contributed by atoms with Crippen LogP contribution in [0.2, 0.25) is 5.02 Å². The third kappa shape index (κ3) is 4.19. The van der Waals surface area contributed by atoms with E-state index in [1.54, 1.807) is 41.3 Å². The van der Waals surface area contributed by atoms with E-state index in [1.807, 2.05) is 0 Å². The van der Waals surface area contributed by atoms with Crippen LogP contribution in [0, 0.1) is 5.92 Å². The fraction of sp³-hybridized carbons (Fsp3) is 0.235. The maximum absolute atomic E-state index is 12.2. The number of hydrogen-bond acceptors (Lipinski definition) is 4. The Hall–Kier alpha value is -2.80. The summed E-state index contributed by atoms with van der Waals surface area (Å²) in [4.78, 5) is 37.7. The molecule has 8 heteroatoms. The van der Waals surface area contributed by atoms with E-state index in [1.165, 1.54) is 6.26 Å². The number of furan rings is 1. The van der Waals surface area contributed by atoms with Gasteiger partial charge in [-0.1, -0.05) is 11.6 Å². The highest BCUT2D eigenvalue weighted by atomic mass is 35.5. The molecule has 1 unspecified atom stereocenters. The maximum atomic E-state index is 12.2. The predicted molar refractivity (Wildman–Crippen MR) is 89.3 cm³/mol. The molecule has 2 aromatic rings. The number of likely N-dealkylation sites (tertiary alicyclic amines) is 1. The Kier molecular flexibility index (Phi) is 5.04. The zero-order chi connectivity index (χ0) is 17.8. The summed E-state index contributed by atoms with van der Waals surface area (Å²) in [7, 11) is 0. The van der Waals surface area contributed by atoms with Crippen molar-refractivity contribution in [3.05, 3.63) is 59.0 Å². The fourth-order valence-electron chi connectivity index (χ4n) is 2.59. The van der Waals surface area contributed by atoms with E-state index in [0.717, 1.165) is 0 Å². The molecule has 3 rings (SSSR count). The molecule has 0 spiro atoms. The van der Waals surface area contributed by atoms with Crippen LogP contribution in [0.15, 0.2) is 47.1 Å². The smallest absolute Gasteiger partial charge is 0.269 e. The van der Waals surface area contributed by atoms with E-state index < -0.39 is 17.7 Å². The van der Waals surface area contributed by atoms with E-state index in [4.69, 9.17) is 16.0 Å². The van der Waals surface area contributed by atoms with Crippen LogP contribution in [0.4, 0.5) is 0 Å². The van der Waals surface area contributed by atoms with Gasteiger partial charge in [0.2, 0.25) is 11.8 Å². The number of halogens is 1. The summed E-state index contributed by atoms with van der Waals surface area (Å²) in [5.41, 5.74) is 5.07. The van der Waals surface area contributed by atoms with Crippen molar-refractivity contribution < 1.29 is 18.8 Å². The second-order valence-electron chi connectivity index (χ2n) is 5.70. The summed E-state index contributed by atoms with van der Waals surface area (Å²) in [6, 6.07) is 9.78. The normalized spacial score (nSPS) is 16.8. The van der Waals surface area contributed by atoms with Crippen LogP contribution >= 0.6 is 11.6 Å². The average molecular weight is 362 g/mol. The van der Waals surface area contributed by atoms with Crippen molar-refractivity contribution in [1.82, 2.24) is 15.8 Å². The van der Waals surface area contributed by atoms with E-state index in [9.17, 15) is 14.4 Å². The number of carbonyl (C=O) groups is 3. The van der Waals surface area contributed by atoms with Gasteiger partial charge in [0.15, 0.2) is 0 Å². The van der Waals surface area contributed by atoms with E-state index >= 15 is 0 Å². The summed E-state index contributed by atoms with van der Waals surface area (Å²) in [6.07, 6.45) is 1.63. The summed E-state index contributed by atoms with van der Waals surface area (Å²) in [5.74, 6) is -0.849. The maximum Gasteiger partial charge on any atom is 0.269 e. The topological polar surface area (TPSA) is 91.7 Å². The Labute approximate surface area is 148 Å². The molecule has 0 bridgehead atoms. The Morgan fingerprint density at radius 2 is 1.96 bits per heavy atom. The largest absolute Gasteiger partial charge is 0.467 e. The molecule has 0 saturated carbocycles. The van der Waals surface area contributed by atoms with Gasteiger partial charge in [-0.2, -0.15) is 0 Å². The molecule has 1 saturated heterocycles. The second kappa shape index (κ2) is 7.40. The molecule has 130 valence electrons. The number of nitrogens with zero attached hydrogens (tertiary/aromatic N) is 1. The molecule has 1 atom stereocenters. The number of carbonyl (C=O) groups excluding carboxylic acids is 3. The SMILES string of the molecule is O=C(NNC(=O)C1CC(=O)N(Cc2ccco2)C1)c1ccc(Cl)cc1. The standard InChI is InChI=1S/C17H16ClN3O4/c18-13-5-3-11(4-6-13)16(23)19-20-17(24)12-8-15(22)21(9-12)10-14-2-1-7-25-14/h1-7,12H,8-10H2,(H,19,23)(H,20,24). The van der Waals surface area contributed by atoms with Crippen molar-refractivity contribution >= 4 is 29.3 Å². The van der Waals surface area contributed by atoms with Crippen LogP contribution in [0.3, 0.4) is 0 Å². The highest BCUT2D eigenvalue weighted by Gasteiger charge is 2.34.